The molecule has 0 aliphatic carbocycles. The lowest BCUT2D eigenvalue weighted by molar-refractivity contribution is 0.432. The van der Waals surface area contributed by atoms with Crippen molar-refractivity contribution in [3.63, 3.8) is 0 Å². The summed E-state index contributed by atoms with van der Waals surface area (Å²) in [5.74, 6) is -0.890. The number of aromatic hydroxyl groups is 1. The number of hydrogen-bond acceptors (Lipinski definition) is 2. The van der Waals surface area contributed by atoms with E-state index in [9.17, 15) is 4.39 Å². The standard InChI is InChI=1S/C9H11FN2O/c1-12(2)9(11)6-3-4-8(13)7(10)5-6/h3-5,11,13H,1-2H3. The van der Waals surface area contributed by atoms with Gasteiger partial charge in [0.25, 0.3) is 0 Å². The maximum absolute atomic E-state index is 12.8. The summed E-state index contributed by atoms with van der Waals surface area (Å²) in [6.07, 6.45) is 0. The third kappa shape index (κ3) is 1.96. The zero-order chi connectivity index (χ0) is 10.0. The van der Waals surface area contributed by atoms with E-state index in [-0.39, 0.29) is 5.84 Å². The minimum absolute atomic E-state index is 0.207. The van der Waals surface area contributed by atoms with E-state index in [2.05, 4.69) is 0 Å². The summed E-state index contributed by atoms with van der Waals surface area (Å²) in [5, 5.41) is 16.4. The molecule has 0 aromatic heterocycles. The van der Waals surface area contributed by atoms with Crippen LogP contribution in [0.2, 0.25) is 0 Å². The first-order valence-electron chi connectivity index (χ1n) is 3.77. The number of hydrogen-bond donors (Lipinski definition) is 2. The van der Waals surface area contributed by atoms with Gasteiger partial charge >= 0.3 is 0 Å². The lowest BCUT2D eigenvalue weighted by Crippen LogP contribution is -2.21. The molecule has 0 amide bonds. The number of phenolic OH excluding ortho intramolecular Hbond substituents is 1. The van der Waals surface area contributed by atoms with Crippen LogP contribution in [0.3, 0.4) is 0 Å². The molecule has 0 spiro atoms. The van der Waals surface area contributed by atoms with E-state index in [0.29, 0.717) is 5.56 Å². The van der Waals surface area contributed by atoms with Gasteiger partial charge in [-0.05, 0) is 18.2 Å². The molecule has 3 nitrogen and oxygen atoms in total. The van der Waals surface area contributed by atoms with Crippen LogP contribution in [0.5, 0.6) is 5.75 Å². The van der Waals surface area contributed by atoms with Crippen LogP contribution in [0.15, 0.2) is 18.2 Å². The molecule has 0 aliphatic rings. The maximum Gasteiger partial charge on any atom is 0.165 e. The Morgan fingerprint density at radius 1 is 1.46 bits per heavy atom. The Morgan fingerprint density at radius 2 is 2.08 bits per heavy atom. The molecule has 0 fully saturated rings. The minimum Gasteiger partial charge on any atom is -0.505 e. The zero-order valence-electron chi connectivity index (χ0n) is 7.50. The van der Waals surface area contributed by atoms with Gasteiger partial charge in [-0.15, -0.1) is 0 Å². The van der Waals surface area contributed by atoms with Gasteiger partial charge in [0, 0.05) is 19.7 Å². The zero-order valence-corrected chi connectivity index (χ0v) is 7.50. The number of rotatable bonds is 1. The number of nitrogens with zero attached hydrogens (tertiary/aromatic N) is 1. The van der Waals surface area contributed by atoms with Gasteiger partial charge in [-0.2, -0.15) is 0 Å². The number of phenols is 1. The highest BCUT2D eigenvalue weighted by Gasteiger charge is 2.06. The minimum atomic E-state index is -0.705. The van der Waals surface area contributed by atoms with Crippen molar-refractivity contribution in [2.45, 2.75) is 0 Å². The Hall–Kier alpha value is -1.58. The molecule has 0 bridgehead atoms. The van der Waals surface area contributed by atoms with Gasteiger partial charge in [-0.3, -0.25) is 5.41 Å². The van der Waals surface area contributed by atoms with E-state index < -0.39 is 11.6 Å². The number of nitrogens with one attached hydrogen (secondary N) is 1. The van der Waals surface area contributed by atoms with Gasteiger partial charge in [0.15, 0.2) is 11.6 Å². The average molecular weight is 182 g/mol. The number of amidine groups is 1. The van der Waals surface area contributed by atoms with Gasteiger partial charge in [-0.1, -0.05) is 0 Å². The summed E-state index contributed by atoms with van der Waals surface area (Å²) < 4.78 is 12.8. The molecule has 2 N–H and O–H groups in total. The second-order valence-electron chi connectivity index (χ2n) is 2.91. The van der Waals surface area contributed by atoms with E-state index in [0.717, 1.165) is 6.07 Å². The van der Waals surface area contributed by atoms with Crippen molar-refractivity contribution in [1.29, 1.82) is 5.41 Å². The number of benzene rings is 1. The molecule has 1 aromatic carbocycles. The summed E-state index contributed by atoms with van der Waals surface area (Å²) >= 11 is 0. The predicted octanol–water partition coefficient (Wildman–Crippen LogP) is 1.42. The molecule has 0 radical (unpaired) electrons. The molecule has 1 rings (SSSR count). The first kappa shape index (κ1) is 9.51. The molecule has 0 unspecified atom stereocenters. The summed E-state index contributed by atoms with van der Waals surface area (Å²) in [6, 6.07) is 3.88. The Morgan fingerprint density at radius 3 is 2.54 bits per heavy atom. The Bertz CT molecular complexity index is 336. The van der Waals surface area contributed by atoms with E-state index in [1.54, 1.807) is 19.0 Å². The van der Waals surface area contributed by atoms with Gasteiger partial charge < -0.3 is 10.0 Å². The second kappa shape index (κ2) is 3.43. The Balaban J connectivity index is 3.04. The molecule has 1 aromatic rings. The van der Waals surface area contributed by atoms with Crippen LogP contribution in [-0.2, 0) is 0 Å². The predicted molar refractivity (Wildman–Crippen MR) is 48.6 cm³/mol. The molecule has 0 saturated carbocycles. The smallest absolute Gasteiger partial charge is 0.165 e. The second-order valence-corrected chi connectivity index (χ2v) is 2.91. The summed E-state index contributed by atoms with van der Waals surface area (Å²) in [6.45, 7) is 0. The van der Waals surface area contributed by atoms with Crippen molar-refractivity contribution >= 4 is 5.84 Å². The largest absolute Gasteiger partial charge is 0.505 e. The summed E-state index contributed by atoms with van der Waals surface area (Å²) in [5.41, 5.74) is 0.445. The fraction of sp³-hybridized carbons (Fsp3) is 0.222. The van der Waals surface area contributed by atoms with Gasteiger partial charge in [0.1, 0.15) is 5.84 Å². The van der Waals surface area contributed by atoms with Crippen LogP contribution in [0.1, 0.15) is 5.56 Å². The highest BCUT2D eigenvalue weighted by molar-refractivity contribution is 5.96. The van der Waals surface area contributed by atoms with Crippen LogP contribution in [0.25, 0.3) is 0 Å². The van der Waals surface area contributed by atoms with Crippen molar-refractivity contribution in [2.24, 2.45) is 0 Å². The van der Waals surface area contributed by atoms with Crippen molar-refractivity contribution in [3.05, 3.63) is 29.6 Å². The Labute approximate surface area is 75.9 Å². The maximum atomic E-state index is 12.8. The quantitative estimate of drug-likeness (QED) is 0.509. The van der Waals surface area contributed by atoms with Crippen molar-refractivity contribution in [2.75, 3.05) is 14.1 Å². The number of halogens is 1. The topological polar surface area (TPSA) is 47.3 Å². The summed E-state index contributed by atoms with van der Waals surface area (Å²) in [4.78, 5) is 1.56. The van der Waals surface area contributed by atoms with Crippen molar-refractivity contribution < 1.29 is 9.50 Å². The van der Waals surface area contributed by atoms with Crippen LogP contribution < -0.4 is 0 Å². The highest BCUT2D eigenvalue weighted by Crippen LogP contribution is 2.16. The normalized spacial score (nSPS) is 9.77. The van der Waals surface area contributed by atoms with Crippen LogP contribution >= 0.6 is 0 Å². The monoisotopic (exact) mass is 182 g/mol. The first-order chi connectivity index (χ1) is 6.02. The molecule has 70 valence electrons. The lowest BCUT2D eigenvalue weighted by atomic mass is 10.2. The average Bonchev–Trinajstić information content (AvgIpc) is 2.08. The molecular formula is C9H11FN2O. The van der Waals surface area contributed by atoms with Crippen LogP contribution in [-0.4, -0.2) is 29.9 Å². The van der Waals surface area contributed by atoms with Gasteiger partial charge in [0.2, 0.25) is 0 Å². The fourth-order valence-corrected chi connectivity index (χ4v) is 0.912. The lowest BCUT2D eigenvalue weighted by Gasteiger charge is -2.13. The molecule has 0 aliphatic heterocycles. The Kier molecular flexibility index (Phi) is 2.51. The molecule has 13 heavy (non-hydrogen) atoms. The third-order valence-corrected chi connectivity index (χ3v) is 1.67. The van der Waals surface area contributed by atoms with Crippen molar-refractivity contribution in [3.8, 4) is 5.75 Å². The van der Waals surface area contributed by atoms with Crippen molar-refractivity contribution in [1.82, 2.24) is 4.90 Å². The third-order valence-electron chi connectivity index (χ3n) is 1.67. The molecular weight excluding hydrogens is 171 g/mol. The van der Waals surface area contributed by atoms with E-state index in [1.807, 2.05) is 0 Å². The van der Waals surface area contributed by atoms with Crippen LogP contribution in [0, 0.1) is 11.2 Å². The molecule has 4 heteroatoms. The first-order valence-corrected chi connectivity index (χ1v) is 3.77. The van der Waals surface area contributed by atoms with Gasteiger partial charge in [0.05, 0.1) is 0 Å². The molecule has 0 atom stereocenters. The molecule has 0 heterocycles. The van der Waals surface area contributed by atoms with E-state index in [4.69, 9.17) is 10.5 Å². The van der Waals surface area contributed by atoms with Crippen LogP contribution in [0.4, 0.5) is 4.39 Å². The molecule has 0 saturated heterocycles. The SMILES string of the molecule is CN(C)C(=N)c1ccc(O)c(F)c1. The van der Waals surface area contributed by atoms with E-state index in [1.165, 1.54) is 12.1 Å². The van der Waals surface area contributed by atoms with Gasteiger partial charge in [-0.25, -0.2) is 4.39 Å². The van der Waals surface area contributed by atoms with E-state index >= 15 is 0 Å². The summed E-state index contributed by atoms with van der Waals surface area (Å²) in [7, 11) is 3.40. The fourth-order valence-electron chi connectivity index (χ4n) is 0.912. The highest BCUT2D eigenvalue weighted by atomic mass is 19.1.